The van der Waals surface area contributed by atoms with E-state index in [1.165, 1.54) is 18.3 Å². The van der Waals surface area contributed by atoms with Gasteiger partial charge < -0.3 is 5.32 Å². The van der Waals surface area contributed by atoms with Gasteiger partial charge in [0.1, 0.15) is 5.82 Å². The van der Waals surface area contributed by atoms with E-state index in [1.807, 2.05) is 13.0 Å². The SMILES string of the molecule is CC(=O)Nc1nc(C)nc(NC(C)CCc2cc(Cl)sc2Cl)n1. The van der Waals surface area contributed by atoms with Crippen LogP contribution in [-0.4, -0.2) is 26.9 Å². The lowest BCUT2D eigenvalue weighted by atomic mass is 10.1. The lowest BCUT2D eigenvalue weighted by molar-refractivity contribution is -0.114. The summed E-state index contributed by atoms with van der Waals surface area (Å²) in [6, 6.07) is 2.01. The lowest BCUT2D eigenvalue weighted by Crippen LogP contribution is -2.20. The Kier molecular flexibility index (Phi) is 6.15. The number of carbonyl (C=O) groups is 1. The zero-order valence-corrected chi connectivity index (χ0v) is 15.3. The molecule has 9 heteroatoms. The van der Waals surface area contributed by atoms with E-state index in [0.29, 0.717) is 16.1 Å². The van der Waals surface area contributed by atoms with Crippen molar-refractivity contribution >= 4 is 52.3 Å². The minimum absolute atomic E-state index is 0.122. The van der Waals surface area contributed by atoms with Crippen molar-refractivity contribution < 1.29 is 4.79 Å². The number of nitrogens with one attached hydrogen (secondary N) is 2. The smallest absolute Gasteiger partial charge is 0.234 e. The highest BCUT2D eigenvalue weighted by Crippen LogP contribution is 2.32. The van der Waals surface area contributed by atoms with Crippen molar-refractivity contribution in [2.75, 3.05) is 10.6 Å². The Labute approximate surface area is 148 Å². The van der Waals surface area contributed by atoms with Gasteiger partial charge in [0.2, 0.25) is 17.8 Å². The highest BCUT2D eigenvalue weighted by molar-refractivity contribution is 7.20. The largest absolute Gasteiger partial charge is 0.352 e. The Morgan fingerprint density at radius 2 is 2.00 bits per heavy atom. The Balaban J connectivity index is 1.96. The van der Waals surface area contributed by atoms with E-state index in [0.717, 1.165) is 22.7 Å². The molecule has 2 aromatic rings. The fraction of sp³-hybridized carbons (Fsp3) is 0.429. The zero-order chi connectivity index (χ0) is 17.0. The van der Waals surface area contributed by atoms with Crippen molar-refractivity contribution in [3.8, 4) is 0 Å². The molecule has 0 bridgehead atoms. The van der Waals surface area contributed by atoms with Crippen LogP contribution in [0.4, 0.5) is 11.9 Å². The predicted octanol–water partition coefficient (Wildman–Crippen LogP) is 3.94. The molecule has 1 unspecified atom stereocenters. The summed E-state index contributed by atoms with van der Waals surface area (Å²) in [4.78, 5) is 23.6. The first-order valence-electron chi connectivity index (χ1n) is 7.04. The zero-order valence-electron chi connectivity index (χ0n) is 13.0. The number of halogens is 2. The van der Waals surface area contributed by atoms with E-state index in [2.05, 4.69) is 25.6 Å². The highest BCUT2D eigenvalue weighted by Gasteiger charge is 2.11. The second-order valence-corrected chi connectivity index (χ2v) is 7.43. The second-order valence-electron chi connectivity index (χ2n) is 5.14. The average molecular weight is 374 g/mol. The van der Waals surface area contributed by atoms with Crippen LogP contribution in [0.2, 0.25) is 8.67 Å². The van der Waals surface area contributed by atoms with Gasteiger partial charge in [0.15, 0.2) is 0 Å². The maximum absolute atomic E-state index is 11.1. The summed E-state index contributed by atoms with van der Waals surface area (Å²) in [7, 11) is 0. The van der Waals surface area contributed by atoms with Crippen LogP contribution < -0.4 is 10.6 Å². The van der Waals surface area contributed by atoms with Crippen molar-refractivity contribution in [1.29, 1.82) is 0 Å². The minimum atomic E-state index is -0.224. The van der Waals surface area contributed by atoms with Crippen molar-refractivity contribution in [2.24, 2.45) is 0 Å². The van der Waals surface area contributed by atoms with Gasteiger partial charge in [0, 0.05) is 13.0 Å². The van der Waals surface area contributed by atoms with Crippen LogP contribution >= 0.6 is 34.5 Å². The number of aromatic nitrogens is 3. The number of anilines is 2. The first-order valence-corrected chi connectivity index (χ1v) is 8.61. The molecule has 0 fully saturated rings. The van der Waals surface area contributed by atoms with Crippen LogP contribution in [0.15, 0.2) is 6.07 Å². The van der Waals surface area contributed by atoms with Gasteiger partial charge in [-0.15, -0.1) is 11.3 Å². The Hall–Kier alpha value is -1.44. The monoisotopic (exact) mass is 373 g/mol. The van der Waals surface area contributed by atoms with Crippen LogP contribution in [0.5, 0.6) is 0 Å². The maximum atomic E-state index is 11.1. The predicted molar refractivity (Wildman–Crippen MR) is 94.6 cm³/mol. The van der Waals surface area contributed by atoms with Crippen LogP contribution in [-0.2, 0) is 11.2 Å². The topological polar surface area (TPSA) is 79.8 Å². The molecule has 2 aromatic heterocycles. The van der Waals surface area contributed by atoms with Gasteiger partial charge in [-0.25, -0.2) is 0 Å². The maximum Gasteiger partial charge on any atom is 0.234 e. The van der Waals surface area contributed by atoms with E-state index in [1.54, 1.807) is 6.92 Å². The molecule has 23 heavy (non-hydrogen) atoms. The molecule has 0 saturated carbocycles. The molecular weight excluding hydrogens is 357 g/mol. The number of nitrogens with zero attached hydrogens (tertiary/aromatic N) is 3. The van der Waals surface area contributed by atoms with Gasteiger partial charge in [0.25, 0.3) is 0 Å². The molecule has 2 N–H and O–H groups in total. The molecule has 0 aliphatic heterocycles. The molecule has 0 saturated heterocycles. The van der Waals surface area contributed by atoms with Gasteiger partial charge in [-0.05, 0) is 38.3 Å². The fourth-order valence-corrected chi connectivity index (χ4v) is 3.51. The molecule has 2 rings (SSSR count). The summed E-state index contributed by atoms with van der Waals surface area (Å²) in [5, 5.41) is 5.76. The second kappa shape index (κ2) is 7.90. The minimum Gasteiger partial charge on any atom is -0.352 e. The van der Waals surface area contributed by atoms with Crippen LogP contribution in [0, 0.1) is 6.92 Å². The number of aryl methyl sites for hydroxylation is 2. The molecule has 2 heterocycles. The Morgan fingerprint density at radius 3 is 2.61 bits per heavy atom. The number of hydrogen-bond acceptors (Lipinski definition) is 6. The summed E-state index contributed by atoms with van der Waals surface area (Å²) < 4.78 is 1.42. The van der Waals surface area contributed by atoms with Crippen LogP contribution in [0.25, 0.3) is 0 Å². The molecule has 1 amide bonds. The summed E-state index contributed by atoms with van der Waals surface area (Å²) in [6.45, 7) is 5.18. The normalized spacial score (nSPS) is 12.0. The van der Waals surface area contributed by atoms with E-state index in [-0.39, 0.29) is 17.9 Å². The van der Waals surface area contributed by atoms with Gasteiger partial charge in [-0.3, -0.25) is 10.1 Å². The van der Waals surface area contributed by atoms with Crippen molar-refractivity contribution in [2.45, 2.75) is 39.7 Å². The van der Waals surface area contributed by atoms with Crippen molar-refractivity contribution in [3.63, 3.8) is 0 Å². The standard InChI is InChI=1S/C14H17Cl2N5OS/c1-7(4-5-10-6-11(15)23-12(10)16)17-13-18-8(2)19-14(21-13)20-9(3)22/h6-7H,4-5H2,1-3H3,(H2,17,18,19,20,21,22). The highest BCUT2D eigenvalue weighted by atomic mass is 35.5. The number of carbonyl (C=O) groups excluding carboxylic acids is 1. The molecular formula is C14H17Cl2N5OS. The molecule has 0 aliphatic carbocycles. The summed E-state index contributed by atoms with van der Waals surface area (Å²) >= 11 is 13.4. The third-order valence-corrected chi connectivity index (χ3v) is 4.55. The van der Waals surface area contributed by atoms with Gasteiger partial charge in [0.05, 0.1) is 8.67 Å². The first kappa shape index (κ1) is 17.9. The Bertz CT molecular complexity index is 706. The third kappa shape index (κ3) is 5.60. The molecule has 0 spiro atoms. The Morgan fingerprint density at radius 1 is 1.30 bits per heavy atom. The fourth-order valence-electron chi connectivity index (χ4n) is 1.97. The van der Waals surface area contributed by atoms with E-state index >= 15 is 0 Å². The number of hydrogen-bond donors (Lipinski definition) is 2. The first-order chi connectivity index (χ1) is 10.8. The van der Waals surface area contributed by atoms with Crippen molar-refractivity contribution in [1.82, 2.24) is 15.0 Å². The number of rotatable bonds is 6. The van der Waals surface area contributed by atoms with Crippen LogP contribution in [0.3, 0.4) is 0 Å². The number of amides is 1. The van der Waals surface area contributed by atoms with Gasteiger partial charge in [-0.2, -0.15) is 15.0 Å². The van der Waals surface area contributed by atoms with E-state index in [9.17, 15) is 4.79 Å². The molecule has 1 atom stereocenters. The van der Waals surface area contributed by atoms with Crippen LogP contribution in [0.1, 0.15) is 31.7 Å². The molecule has 0 radical (unpaired) electrons. The molecule has 0 aromatic carbocycles. The summed E-state index contributed by atoms with van der Waals surface area (Å²) in [6.07, 6.45) is 1.64. The number of thiophene rings is 1. The van der Waals surface area contributed by atoms with E-state index < -0.39 is 0 Å². The van der Waals surface area contributed by atoms with Crippen molar-refractivity contribution in [3.05, 3.63) is 26.1 Å². The average Bonchev–Trinajstić information content (AvgIpc) is 2.73. The lowest BCUT2D eigenvalue weighted by Gasteiger charge is -2.14. The third-order valence-electron chi connectivity index (χ3n) is 2.98. The van der Waals surface area contributed by atoms with Gasteiger partial charge in [-0.1, -0.05) is 23.2 Å². The molecule has 6 nitrogen and oxygen atoms in total. The molecule has 124 valence electrons. The van der Waals surface area contributed by atoms with Gasteiger partial charge >= 0.3 is 0 Å². The van der Waals surface area contributed by atoms with E-state index in [4.69, 9.17) is 23.2 Å². The quantitative estimate of drug-likeness (QED) is 0.801. The summed E-state index contributed by atoms with van der Waals surface area (Å²) in [5.74, 6) is 0.986. The molecule has 0 aliphatic rings. The summed E-state index contributed by atoms with van der Waals surface area (Å²) in [5.41, 5.74) is 1.04.